The number of nitrogens with one attached hydrogen (secondary N) is 1. The Morgan fingerprint density at radius 1 is 1.30 bits per heavy atom. The highest BCUT2D eigenvalue weighted by Gasteiger charge is 2.42. The van der Waals surface area contributed by atoms with E-state index >= 15 is 0 Å². The molecule has 2 saturated carbocycles. The van der Waals surface area contributed by atoms with Gasteiger partial charge in [-0.3, -0.25) is 10.1 Å². The second-order valence-electron chi connectivity index (χ2n) is 6.96. The molecule has 126 valence electrons. The summed E-state index contributed by atoms with van der Waals surface area (Å²) in [7, 11) is -3.66. The van der Waals surface area contributed by atoms with Crippen molar-refractivity contribution < 1.29 is 13.3 Å². The van der Waals surface area contributed by atoms with Gasteiger partial charge in [-0.1, -0.05) is 6.42 Å². The van der Waals surface area contributed by atoms with Gasteiger partial charge in [-0.05, 0) is 62.5 Å². The first-order valence-electron chi connectivity index (χ1n) is 8.05. The molecule has 0 aliphatic heterocycles. The van der Waals surface area contributed by atoms with Crippen LogP contribution in [-0.2, 0) is 10.0 Å². The quantitative estimate of drug-likeness (QED) is 0.660. The molecule has 0 amide bonds. The number of nitrogens with zero attached hydrogens (tertiary/aromatic N) is 1. The molecule has 7 heteroatoms. The molecule has 4 unspecified atom stereocenters. The Balaban J connectivity index is 1.77. The predicted octanol–water partition coefficient (Wildman–Crippen LogP) is 3.01. The zero-order valence-electron chi connectivity index (χ0n) is 13.4. The van der Waals surface area contributed by atoms with Crippen molar-refractivity contribution in [1.29, 1.82) is 0 Å². The number of hydrogen-bond acceptors (Lipinski definition) is 4. The van der Waals surface area contributed by atoms with Gasteiger partial charge in [-0.15, -0.1) is 0 Å². The van der Waals surface area contributed by atoms with Crippen LogP contribution in [0, 0.1) is 34.8 Å². The first-order chi connectivity index (χ1) is 10.8. The first kappa shape index (κ1) is 16.4. The van der Waals surface area contributed by atoms with Crippen LogP contribution in [0.25, 0.3) is 0 Å². The normalized spacial score (nSPS) is 28.0. The topological polar surface area (TPSA) is 89.3 Å². The molecule has 2 aliphatic rings. The lowest BCUT2D eigenvalue weighted by atomic mass is 9.84. The van der Waals surface area contributed by atoms with Gasteiger partial charge in [0, 0.05) is 18.2 Å². The average molecular weight is 338 g/mol. The van der Waals surface area contributed by atoms with E-state index in [4.69, 9.17) is 0 Å². The predicted molar refractivity (Wildman–Crippen MR) is 86.6 cm³/mol. The summed E-state index contributed by atoms with van der Waals surface area (Å²) in [6.07, 6.45) is 4.82. The minimum atomic E-state index is -3.66. The van der Waals surface area contributed by atoms with E-state index in [1.807, 2.05) is 6.92 Å². The smallest absolute Gasteiger partial charge is 0.258 e. The maximum Gasteiger partial charge on any atom is 0.269 e. The number of hydrogen-bond donors (Lipinski definition) is 1. The third-order valence-electron chi connectivity index (χ3n) is 5.43. The number of benzene rings is 1. The Morgan fingerprint density at radius 3 is 2.57 bits per heavy atom. The minimum absolute atomic E-state index is 0.0948. The largest absolute Gasteiger partial charge is 0.269 e. The second-order valence-corrected chi connectivity index (χ2v) is 8.64. The fraction of sp³-hybridized carbons (Fsp3) is 0.625. The highest BCUT2D eigenvalue weighted by molar-refractivity contribution is 7.89. The van der Waals surface area contributed by atoms with Gasteiger partial charge in [0.1, 0.15) is 0 Å². The molecule has 0 spiro atoms. The maximum atomic E-state index is 12.6. The van der Waals surface area contributed by atoms with E-state index in [0.29, 0.717) is 17.4 Å². The summed E-state index contributed by atoms with van der Waals surface area (Å²) < 4.78 is 28.0. The van der Waals surface area contributed by atoms with Crippen molar-refractivity contribution in [2.45, 2.75) is 50.5 Å². The van der Waals surface area contributed by atoms with Gasteiger partial charge in [-0.25, -0.2) is 13.1 Å². The molecule has 0 aromatic heterocycles. The Morgan fingerprint density at radius 2 is 2.04 bits per heavy atom. The molecule has 3 rings (SSSR count). The summed E-state index contributed by atoms with van der Waals surface area (Å²) in [4.78, 5) is 10.4. The van der Waals surface area contributed by atoms with Gasteiger partial charge in [0.15, 0.2) is 0 Å². The van der Waals surface area contributed by atoms with Crippen molar-refractivity contribution >= 4 is 15.7 Å². The van der Waals surface area contributed by atoms with Crippen molar-refractivity contribution in [3.8, 4) is 0 Å². The Hall–Kier alpha value is -1.47. The zero-order chi connectivity index (χ0) is 16.8. The number of non-ortho nitro benzene ring substituents is 1. The molecule has 4 atom stereocenters. The molecular formula is C16H22N2O4S. The molecule has 0 saturated heterocycles. The van der Waals surface area contributed by atoms with Gasteiger partial charge in [-0.2, -0.15) is 0 Å². The van der Waals surface area contributed by atoms with Crippen LogP contribution >= 0.6 is 0 Å². The van der Waals surface area contributed by atoms with Gasteiger partial charge >= 0.3 is 0 Å². The fourth-order valence-electron chi connectivity index (χ4n) is 4.35. The molecule has 2 bridgehead atoms. The third-order valence-corrected chi connectivity index (χ3v) is 7.15. The number of nitro benzene ring substituents is 1. The summed E-state index contributed by atoms with van der Waals surface area (Å²) in [5, 5.41) is 10.8. The van der Waals surface area contributed by atoms with Gasteiger partial charge in [0.05, 0.1) is 9.82 Å². The van der Waals surface area contributed by atoms with E-state index < -0.39 is 14.9 Å². The molecule has 0 heterocycles. The molecule has 2 aliphatic carbocycles. The summed E-state index contributed by atoms with van der Waals surface area (Å²) >= 11 is 0. The fourth-order valence-corrected chi connectivity index (χ4v) is 5.87. The van der Waals surface area contributed by atoms with Gasteiger partial charge in [0.25, 0.3) is 5.69 Å². The standard InChI is InChI=1S/C16H22N2O4S/c1-10-7-14(18(19)20)5-6-16(10)23(21,22)17-11(2)15-9-12-3-4-13(15)8-12/h5-7,11-13,15,17H,3-4,8-9H2,1-2H3. The van der Waals surface area contributed by atoms with Crippen molar-refractivity contribution in [2.75, 3.05) is 0 Å². The van der Waals surface area contributed by atoms with Gasteiger partial charge in [0.2, 0.25) is 10.0 Å². The van der Waals surface area contributed by atoms with Crippen molar-refractivity contribution in [1.82, 2.24) is 4.72 Å². The third kappa shape index (κ3) is 3.12. The Bertz CT molecular complexity index is 732. The van der Waals surface area contributed by atoms with Crippen molar-refractivity contribution in [3.63, 3.8) is 0 Å². The Labute approximate surface area is 136 Å². The number of aryl methyl sites for hydroxylation is 1. The van der Waals surface area contributed by atoms with E-state index in [9.17, 15) is 18.5 Å². The molecule has 23 heavy (non-hydrogen) atoms. The van der Waals surface area contributed by atoms with Crippen LogP contribution in [-0.4, -0.2) is 19.4 Å². The summed E-state index contributed by atoms with van der Waals surface area (Å²) in [6, 6.07) is 3.76. The number of sulfonamides is 1. The molecule has 0 radical (unpaired) electrons. The van der Waals surface area contributed by atoms with E-state index in [1.54, 1.807) is 6.92 Å². The molecule has 6 nitrogen and oxygen atoms in total. The summed E-state index contributed by atoms with van der Waals surface area (Å²) in [5.74, 6) is 1.80. The molecule has 2 fully saturated rings. The van der Waals surface area contributed by atoms with Crippen LogP contribution in [0.4, 0.5) is 5.69 Å². The SMILES string of the molecule is Cc1cc([N+](=O)[O-])ccc1S(=O)(=O)NC(C)C1CC2CCC1C2. The van der Waals surface area contributed by atoms with Crippen LogP contribution in [0.3, 0.4) is 0 Å². The van der Waals surface area contributed by atoms with E-state index in [0.717, 1.165) is 12.3 Å². The summed E-state index contributed by atoms with van der Waals surface area (Å²) in [5.41, 5.74) is 0.300. The molecule has 1 N–H and O–H groups in total. The van der Waals surface area contributed by atoms with Crippen LogP contribution in [0.5, 0.6) is 0 Å². The van der Waals surface area contributed by atoms with Crippen LogP contribution in [0.1, 0.15) is 38.2 Å². The van der Waals surface area contributed by atoms with Crippen LogP contribution in [0.2, 0.25) is 0 Å². The lowest BCUT2D eigenvalue weighted by Crippen LogP contribution is -2.40. The minimum Gasteiger partial charge on any atom is -0.258 e. The van der Waals surface area contributed by atoms with E-state index in [-0.39, 0.29) is 16.6 Å². The maximum absolute atomic E-state index is 12.6. The van der Waals surface area contributed by atoms with E-state index in [2.05, 4.69) is 4.72 Å². The molecule has 1 aromatic rings. The van der Waals surface area contributed by atoms with Gasteiger partial charge < -0.3 is 0 Å². The highest BCUT2D eigenvalue weighted by Crippen LogP contribution is 2.49. The lowest BCUT2D eigenvalue weighted by Gasteiger charge is -2.28. The molecule has 1 aromatic carbocycles. The monoisotopic (exact) mass is 338 g/mol. The number of fused-ring (bicyclic) bond motifs is 2. The highest BCUT2D eigenvalue weighted by atomic mass is 32.2. The number of rotatable bonds is 5. The van der Waals surface area contributed by atoms with Crippen molar-refractivity contribution in [2.24, 2.45) is 17.8 Å². The van der Waals surface area contributed by atoms with Crippen LogP contribution < -0.4 is 4.72 Å². The first-order valence-corrected chi connectivity index (χ1v) is 9.53. The van der Waals surface area contributed by atoms with E-state index in [1.165, 1.54) is 37.5 Å². The zero-order valence-corrected chi connectivity index (χ0v) is 14.2. The summed E-state index contributed by atoms with van der Waals surface area (Å²) in [6.45, 7) is 3.52. The van der Waals surface area contributed by atoms with Crippen LogP contribution in [0.15, 0.2) is 23.1 Å². The molecular weight excluding hydrogens is 316 g/mol. The second kappa shape index (κ2) is 5.87. The number of nitro groups is 1. The Kier molecular flexibility index (Phi) is 4.18. The average Bonchev–Trinajstić information content (AvgIpc) is 3.08. The lowest BCUT2D eigenvalue weighted by molar-refractivity contribution is -0.385. The van der Waals surface area contributed by atoms with Crippen molar-refractivity contribution in [3.05, 3.63) is 33.9 Å².